The van der Waals surface area contributed by atoms with Gasteiger partial charge in [-0.1, -0.05) is 35.0 Å². The number of hydrogen-bond donors (Lipinski definition) is 2. The molecule has 3 N–H and O–H groups in total. The molecular formula is C13H12ClN3OS. The molecule has 0 spiro atoms. The minimum absolute atomic E-state index is 0.000179. The lowest BCUT2D eigenvalue weighted by atomic mass is 10.2. The van der Waals surface area contributed by atoms with Gasteiger partial charge in [-0.15, -0.1) is 11.8 Å². The molecule has 1 heterocycles. The predicted octanol–water partition coefficient (Wildman–Crippen LogP) is 3.12. The Labute approximate surface area is 120 Å². The average Bonchev–Trinajstić information content (AvgIpc) is 2.46. The Balaban J connectivity index is 2.10. The minimum Gasteiger partial charge on any atom is -0.409 e. The van der Waals surface area contributed by atoms with Gasteiger partial charge >= 0.3 is 0 Å². The van der Waals surface area contributed by atoms with E-state index in [1.54, 1.807) is 24.0 Å². The van der Waals surface area contributed by atoms with E-state index >= 15 is 0 Å². The molecule has 0 atom stereocenters. The number of thioether (sulfide) groups is 1. The summed E-state index contributed by atoms with van der Waals surface area (Å²) in [5.74, 6) is 0.749. The van der Waals surface area contributed by atoms with E-state index in [1.807, 2.05) is 30.3 Å². The maximum atomic E-state index is 8.62. The van der Waals surface area contributed by atoms with E-state index in [-0.39, 0.29) is 5.84 Å². The van der Waals surface area contributed by atoms with Gasteiger partial charge in [-0.05, 0) is 23.8 Å². The number of amidine groups is 1. The maximum Gasteiger partial charge on any atom is 0.188 e. The van der Waals surface area contributed by atoms with Crippen molar-refractivity contribution in [2.24, 2.45) is 10.9 Å². The van der Waals surface area contributed by atoms with Crippen LogP contribution in [0.4, 0.5) is 0 Å². The van der Waals surface area contributed by atoms with Crippen LogP contribution in [0.25, 0.3) is 0 Å². The van der Waals surface area contributed by atoms with Crippen LogP contribution in [0.5, 0.6) is 0 Å². The third-order valence-electron chi connectivity index (χ3n) is 2.45. The molecule has 6 heteroatoms. The first-order valence-electron chi connectivity index (χ1n) is 5.51. The number of nitrogens with zero attached hydrogens (tertiary/aromatic N) is 2. The van der Waals surface area contributed by atoms with E-state index in [9.17, 15) is 0 Å². The van der Waals surface area contributed by atoms with Crippen LogP contribution in [0.1, 0.15) is 11.3 Å². The lowest BCUT2D eigenvalue weighted by Crippen LogP contribution is -2.14. The Morgan fingerprint density at radius 3 is 2.89 bits per heavy atom. The maximum absolute atomic E-state index is 8.62. The summed E-state index contributed by atoms with van der Waals surface area (Å²) in [6.45, 7) is 0. The molecule has 2 rings (SSSR count). The van der Waals surface area contributed by atoms with Crippen molar-refractivity contribution in [1.82, 2.24) is 4.98 Å². The van der Waals surface area contributed by atoms with E-state index in [0.29, 0.717) is 5.69 Å². The van der Waals surface area contributed by atoms with Gasteiger partial charge in [0.25, 0.3) is 0 Å². The van der Waals surface area contributed by atoms with Gasteiger partial charge in [0.15, 0.2) is 5.84 Å². The molecular weight excluding hydrogens is 282 g/mol. The molecule has 0 aliphatic carbocycles. The zero-order chi connectivity index (χ0) is 13.7. The van der Waals surface area contributed by atoms with Crippen LogP contribution < -0.4 is 5.73 Å². The van der Waals surface area contributed by atoms with Gasteiger partial charge in [-0.2, -0.15) is 0 Å². The molecule has 0 aliphatic rings. The summed E-state index contributed by atoms with van der Waals surface area (Å²) in [6, 6.07) is 11.4. The number of pyridine rings is 1. The second-order valence-corrected chi connectivity index (χ2v) is 5.20. The van der Waals surface area contributed by atoms with Crippen LogP contribution in [0.15, 0.2) is 52.6 Å². The molecule has 0 saturated heterocycles. The first-order valence-corrected chi connectivity index (χ1v) is 6.87. The SMILES string of the molecule is N/C(=N/O)c1cc(SCc2ccccc2Cl)ccn1. The zero-order valence-corrected chi connectivity index (χ0v) is 11.5. The number of aromatic nitrogens is 1. The number of oxime groups is 1. The summed E-state index contributed by atoms with van der Waals surface area (Å²) in [5, 5.41) is 12.3. The van der Waals surface area contributed by atoms with Crippen molar-refractivity contribution in [2.75, 3.05) is 0 Å². The van der Waals surface area contributed by atoms with Gasteiger partial charge in [0.05, 0.1) is 0 Å². The molecule has 19 heavy (non-hydrogen) atoms. The molecule has 4 nitrogen and oxygen atoms in total. The number of halogens is 1. The summed E-state index contributed by atoms with van der Waals surface area (Å²) >= 11 is 7.71. The third-order valence-corrected chi connectivity index (χ3v) is 3.87. The summed E-state index contributed by atoms with van der Waals surface area (Å²) in [7, 11) is 0. The van der Waals surface area contributed by atoms with E-state index in [4.69, 9.17) is 22.5 Å². The monoisotopic (exact) mass is 293 g/mol. The van der Waals surface area contributed by atoms with E-state index in [0.717, 1.165) is 21.2 Å². The van der Waals surface area contributed by atoms with Crippen LogP contribution in [0, 0.1) is 0 Å². The topological polar surface area (TPSA) is 71.5 Å². The van der Waals surface area contributed by atoms with Gasteiger partial charge in [0.2, 0.25) is 0 Å². The Bertz CT molecular complexity index is 604. The van der Waals surface area contributed by atoms with Crippen molar-refractivity contribution in [3.05, 3.63) is 58.9 Å². The Hall–Kier alpha value is -1.72. The second kappa shape index (κ2) is 6.45. The molecule has 0 radical (unpaired) electrons. The molecule has 0 saturated carbocycles. The van der Waals surface area contributed by atoms with Crippen LogP contribution in [-0.4, -0.2) is 16.0 Å². The Kier molecular flexibility index (Phi) is 4.65. The Morgan fingerprint density at radius 1 is 1.37 bits per heavy atom. The molecule has 0 amide bonds. The fourth-order valence-electron chi connectivity index (χ4n) is 1.47. The first-order chi connectivity index (χ1) is 9.20. The molecule has 0 unspecified atom stereocenters. The lowest BCUT2D eigenvalue weighted by Gasteiger charge is -2.05. The fraction of sp³-hybridized carbons (Fsp3) is 0.0769. The molecule has 1 aromatic heterocycles. The normalized spacial score (nSPS) is 11.5. The van der Waals surface area contributed by atoms with Crippen LogP contribution in [0.2, 0.25) is 5.02 Å². The van der Waals surface area contributed by atoms with Crippen molar-refractivity contribution in [1.29, 1.82) is 0 Å². The molecule has 0 bridgehead atoms. The highest BCUT2D eigenvalue weighted by Gasteiger charge is 2.04. The lowest BCUT2D eigenvalue weighted by molar-refractivity contribution is 0.318. The van der Waals surface area contributed by atoms with Gasteiger partial charge in [0, 0.05) is 21.9 Å². The van der Waals surface area contributed by atoms with Crippen molar-refractivity contribution in [3.8, 4) is 0 Å². The van der Waals surface area contributed by atoms with Gasteiger partial charge in [-0.25, -0.2) is 0 Å². The smallest absolute Gasteiger partial charge is 0.188 e. The van der Waals surface area contributed by atoms with Crippen molar-refractivity contribution in [2.45, 2.75) is 10.6 Å². The summed E-state index contributed by atoms with van der Waals surface area (Å²) in [5.41, 5.74) is 7.02. The number of benzene rings is 1. The highest BCUT2D eigenvalue weighted by Crippen LogP contribution is 2.26. The number of rotatable bonds is 4. The second-order valence-electron chi connectivity index (χ2n) is 3.74. The number of nitrogens with two attached hydrogens (primary N) is 1. The van der Waals surface area contributed by atoms with Crippen LogP contribution in [0.3, 0.4) is 0 Å². The molecule has 2 aromatic rings. The van der Waals surface area contributed by atoms with Gasteiger partial charge in [0.1, 0.15) is 5.69 Å². The summed E-state index contributed by atoms with van der Waals surface area (Å²) < 4.78 is 0. The first kappa shape index (κ1) is 13.7. The molecule has 0 fully saturated rings. The fourth-order valence-corrected chi connectivity index (χ4v) is 2.68. The van der Waals surface area contributed by atoms with Gasteiger partial charge < -0.3 is 10.9 Å². The molecule has 0 aliphatic heterocycles. The van der Waals surface area contributed by atoms with E-state index in [1.165, 1.54) is 0 Å². The van der Waals surface area contributed by atoms with E-state index in [2.05, 4.69) is 10.1 Å². The van der Waals surface area contributed by atoms with Gasteiger partial charge in [-0.3, -0.25) is 4.98 Å². The summed E-state index contributed by atoms with van der Waals surface area (Å²) in [4.78, 5) is 5.01. The van der Waals surface area contributed by atoms with Crippen molar-refractivity contribution in [3.63, 3.8) is 0 Å². The zero-order valence-electron chi connectivity index (χ0n) is 9.95. The predicted molar refractivity (Wildman–Crippen MR) is 77.8 cm³/mol. The quantitative estimate of drug-likeness (QED) is 0.299. The molecule has 98 valence electrons. The standard InChI is InChI=1S/C13H12ClN3OS/c14-11-4-2-1-3-9(11)8-19-10-5-6-16-12(7-10)13(15)17-18/h1-7,18H,8H2,(H2,15,17). The number of hydrogen-bond acceptors (Lipinski definition) is 4. The third kappa shape index (κ3) is 3.62. The van der Waals surface area contributed by atoms with Crippen molar-refractivity contribution < 1.29 is 5.21 Å². The minimum atomic E-state index is 0.000179. The van der Waals surface area contributed by atoms with Crippen molar-refractivity contribution >= 4 is 29.2 Å². The highest BCUT2D eigenvalue weighted by molar-refractivity contribution is 7.98. The van der Waals surface area contributed by atoms with E-state index < -0.39 is 0 Å². The largest absolute Gasteiger partial charge is 0.409 e. The van der Waals surface area contributed by atoms with Crippen LogP contribution >= 0.6 is 23.4 Å². The summed E-state index contributed by atoms with van der Waals surface area (Å²) in [6.07, 6.45) is 1.63. The Morgan fingerprint density at radius 2 is 2.16 bits per heavy atom. The average molecular weight is 294 g/mol. The van der Waals surface area contributed by atoms with Crippen LogP contribution in [-0.2, 0) is 5.75 Å². The molecule has 1 aromatic carbocycles. The highest BCUT2D eigenvalue weighted by atomic mass is 35.5.